The van der Waals surface area contributed by atoms with Gasteiger partial charge in [-0.25, -0.2) is 0 Å². The lowest BCUT2D eigenvalue weighted by Gasteiger charge is -2.48. The van der Waals surface area contributed by atoms with E-state index in [9.17, 15) is 14.7 Å². The minimum atomic E-state index is -0.618. The van der Waals surface area contributed by atoms with Crippen LogP contribution in [0.25, 0.3) is 0 Å². The summed E-state index contributed by atoms with van der Waals surface area (Å²) in [5.41, 5.74) is 8.83. The molecule has 3 aromatic rings. The van der Waals surface area contributed by atoms with Gasteiger partial charge in [0.15, 0.2) is 0 Å². The van der Waals surface area contributed by atoms with Gasteiger partial charge in [0, 0.05) is 17.8 Å². The molecule has 3 aromatic carbocycles. The molecule has 0 bridgehead atoms. The molecule has 1 fully saturated rings. The van der Waals surface area contributed by atoms with Crippen molar-refractivity contribution in [1.82, 2.24) is 0 Å². The SMILES string of the molecule is COc1ccc(C2[C@@H](CCC(O)c3ccccc3)C(=O)N2c2ccc(NC(=O)CCCCN)cc2)cc1. The molecule has 194 valence electrons. The zero-order valence-electron chi connectivity index (χ0n) is 21.2. The largest absolute Gasteiger partial charge is 0.497 e. The van der Waals surface area contributed by atoms with E-state index in [4.69, 9.17) is 10.5 Å². The average Bonchev–Trinajstić information content (AvgIpc) is 2.93. The summed E-state index contributed by atoms with van der Waals surface area (Å²) in [6.45, 7) is 0.577. The van der Waals surface area contributed by atoms with Crippen molar-refractivity contribution in [2.24, 2.45) is 11.7 Å². The molecule has 4 rings (SSSR count). The molecule has 1 saturated heterocycles. The Morgan fingerprint density at radius 1 is 1.03 bits per heavy atom. The summed E-state index contributed by atoms with van der Waals surface area (Å²) in [4.78, 5) is 27.3. The van der Waals surface area contributed by atoms with Crippen molar-refractivity contribution < 1.29 is 19.4 Å². The van der Waals surface area contributed by atoms with Gasteiger partial charge in [-0.2, -0.15) is 0 Å². The lowest BCUT2D eigenvalue weighted by Crippen LogP contribution is -2.55. The molecule has 0 aliphatic carbocycles. The van der Waals surface area contributed by atoms with Crippen LogP contribution in [0.3, 0.4) is 0 Å². The van der Waals surface area contributed by atoms with Crippen LogP contribution in [-0.2, 0) is 9.59 Å². The molecular weight excluding hydrogens is 466 g/mol. The van der Waals surface area contributed by atoms with E-state index >= 15 is 0 Å². The van der Waals surface area contributed by atoms with Gasteiger partial charge < -0.3 is 25.8 Å². The Labute approximate surface area is 218 Å². The Balaban J connectivity index is 1.48. The topological polar surface area (TPSA) is 105 Å². The first-order valence-electron chi connectivity index (χ1n) is 12.8. The van der Waals surface area contributed by atoms with Gasteiger partial charge in [0.05, 0.1) is 25.2 Å². The Morgan fingerprint density at radius 3 is 2.38 bits per heavy atom. The maximum Gasteiger partial charge on any atom is 0.233 e. The fourth-order valence-corrected chi connectivity index (χ4v) is 4.84. The number of hydrogen-bond donors (Lipinski definition) is 3. The van der Waals surface area contributed by atoms with Crippen molar-refractivity contribution in [2.75, 3.05) is 23.9 Å². The van der Waals surface area contributed by atoms with Crippen molar-refractivity contribution in [3.63, 3.8) is 0 Å². The Hall–Kier alpha value is -3.68. The number of rotatable bonds is 12. The standard InChI is InChI=1S/C30H35N3O4/c1-37-25-16-10-22(11-17-25)29-26(18-19-27(34)21-7-3-2-4-8-21)30(36)33(29)24-14-12-23(13-15-24)32-28(35)9-5-6-20-31/h2-4,7-8,10-17,26-27,29,34H,5-6,9,18-20,31H2,1H3,(H,32,35)/t26-,27?,29?/m1/s1. The van der Waals surface area contributed by atoms with Gasteiger partial charge in [-0.3, -0.25) is 9.59 Å². The Morgan fingerprint density at radius 2 is 1.73 bits per heavy atom. The number of unbranched alkanes of at least 4 members (excludes halogenated alkanes) is 1. The van der Waals surface area contributed by atoms with Gasteiger partial charge in [-0.1, -0.05) is 42.5 Å². The first kappa shape index (κ1) is 26.4. The number of nitrogens with zero attached hydrogens (tertiary/aromatic N) is 1. The molecule has 1 aliphatic heterocycles. The number of aliphatic hydroxyl groups is 1. The van der Waals surface area contributed by atoms with Gasteiger partial charge >= 0.3 is 0 Å². The summed E-state index contributed by atoms with van der Waals surface area (Å²) in [6, 6.07) is 24.5. The molecule has 0 spiro atoms. The molecule has 0 radical (unpaired) electrons. The first-order valence-corrected chi connectivity index (χ1v) is 12.8. The van der Waals surface area contributed by atoms with Crippen LogP contribution in [0.15, 0.2) is 78.9 Å². The number of anilines is 2. The summed E-state index contributed by atoms with van der Waals surface area (Å²) in [6.07, 6.45) is 2.45. The van der Waals surface area contributed by atoms with E-state index in [1.807, 2.05) is 78.9 Å². The van der Waals surface area contributed by atoms with Crippen molar-refractivity contribution in [2.45, 2.75) is 44.2 Å². The predicted molar refractivity (Wildman–Crippen MR) is 145 cm³/mol. The number of amides is 2. The number of β-lactam (4-membered cyclic amide) rings is 1. The molecule has 4 N–H and O–H groups in total. The second-order valence-electron chi connectivity index (χ2n) is 9.38. The molecule has 3 atom stereocenters. The highest BCUT2D eigenvalue weighted by atomic mass is 16.5. The van der Waals surface area contributed by atoms with E-state index < -0.39 is 6.10 Å². The summed E-state index contributed by atoms with van der Waals surface area (Å²) in [5.74, 6) is 0.492. The van der Waals surface area contributed by atoms with Crippen LogP contribution < -0.4 is 20.7 Å². The number of methoxy groups -OCH3 is 1. The summed E-state index contributed by atoms with van der Waals surface area (Å²) >= 11 is 0. The minimum Gasteiger partial charge on any atom is -0.497 e. The third-order valence-corrected chi connectivity index (χ3v) is 6.89. The molecule has 1 aliphatic rings. The Kier molecular flexibility index (Phi) is 8.93. The lowest BCUT2D eigenvalue weighted by atomic mass is 9.78. The molecule has 0 saturated carbocycles. The van der Waals surface area contributed by atoms with Gasteiger partial charge in [-0.15, -0.1) is 0 Å². The normalized spacial score (nSPS) is 17.7. The van der Waals surface area contributed by atoms with Crippen molar-refractivity contribution in [3.05, 3.63) is 90.0 Å². The lowest BCUT2D eigenvalue weighted by molar-refractivity contribution is -0.131. The van der Waals surface area contributed by atoms with Crippen molar-refractivity contribution in [3.8, 4) is 5.75 Å². The van der Waals surface area contributed by atoms with E-state index in [1.54, 1.807) is 12.0 Å². The number of aliphatic hydroxyl groups excluding tert-OH is 1. The Bertz CT molecular complexity index is 1170. The van der Waals surface area contributed by atoms with E-state index in [1.165, 1.54) is 0 Å². The second-order valence-corrected chi connectivity index (χ2v) is 9.38. The van der Waals surface area contributed by atoms with Crippen LogP contribution in [0.4, 0.5) is 11.4 Å². The zero-order chi connectivity index (χ0) is 26.2. The molecular formula is C30H35N3O4. The number of carbonyl (C=O) groups is 2. The highest BCUT2D eigenvalue weighted by Gasteiger charge is 2.48. The quantitative estimate of drug-likeness (QED) is 0.240. The number of nitrogens with one attached hydrogen (secondary N) is 1. The fraction of sp³-hybridized carbons (Fsp3) is 0.333. The monoisotopic (exact) mass is 501 g/mol. The highest BCUT2D eigenvalue weighted by molar-refractivity contribution is 6.03. The zero-order valence-corrected chi connectivity index (χ0v) is 21.2. The maximum absolute atomic E-state index is 13.4. The van der Waals surface area contributed by atoms with Crippen LogP contribution in [0.5, 0.6) is 5.75 Å². The van der Waals surface area contributed by atoms with Crippen LogP contribution in [0, 0.1) is 5.92 Å². The summed E-state index contributed by atoms with van der Waals surface area (Å²) in [7, 11) is 1.63. The molecule has 2 unspecified atom stereocenters. The van der Waals surface area contributed by atoms with Crippen LogP contribution in [0.1, 0.15) is 55.4 Å². The van der Waals surface area contributed by atoms with Crippen LogP contribution in [-0.4, -0.2) is 30.6 Å². The average molecular weight is 502 g/mol. The fourth-order valence-electron chi connectivity index (χ4n) is 4.84. The number of benzene rings is 3. The van der Waals surface area contributed by atoms with E-state index in [0.717, 1.165) is 35.4 Å². The van der Waals surface area contributed by atoms with Crippen LogP contribution in [0.2, 0.25) is 0 Å². The van der Waals surface area contributed by atoms with E-state index in [2.05, 4.69) is 5.32 Å². The van der Waals surface area contributed by atoms with Gasteiger partial charge in [-0.05, 0) is 79.8 Å². The third kappa shape index (κ3) is 6.37. The van der Waals surface area contributed by atoms with Gasteiger partial charge in [0.25, 0.3) is 0 Å². The van der Waals surface area contributed by atoms with Gasteiger partial charge in [0.1, 0.15) is 5.75 Å². The molecule has 2 amide bonds. The first-order chi connectivity index (χ1) is 18.0. The van der Waals surface area contributed by atoms with Gasteiger partial charge in [0.2, 0.25) is 11.8 Å². The van der Waals surface area contributed by atoms with Crippen molar-refractivity contribution in [1.29, 1.82) is 0 Å². The number of hydrogen-bond acceptors (Lipinski definition) is 5. The predicted octanol–water partition coefficient (Wildman–Crippen LogP) is 4.98. The third-order valence-electron chi connectivity index (χ3n) is 6.89. The minimum absolute atomic E-state index is 0.0275. The summed E-state index contributed by atoms with van der Waals surface area (Å²) < 4.78 is 5.31. The highest BCUT2D eigenvalue weighted by Crippen LogP contribution is 2.46. The second kappa shape index (κ2) is 12.5. The number of nitrogens with two attached hydrogens (primary N) is 1. The smallest absolute Gasteiger partial charge is 0.233 e. The van der Waals surface area contributed by atoms with Crippen LogP contribution >= 0.6 is 0 Å². The number of carbonyl (C=O) groups excluding carboxylic acids is 2. The molecule has 1 heterocycles. The molecule has 37 heavy (non-hydrogen) atoms. The maximum atomic E-state index is 13.4. The molecule has 7 heteroatoms. The molecule has 0 aromatic heterocycles. The van der Waals surface area contributed by atoms with E-state index in [0.29, 0.717) is 31.5 Å². The van der Waals surface area contributed by atoms with E-state index in [-0.39, 0.29) is 23.8 Å². The summed E-state index contributed by atoms with van der Waals surface area (Å²) in [5, 5.41) is 13.6. The molecule has 7 nitrogen and oxygen atoms in total. The van der Waals surface area contributed by atoms with Crippen molar-refractivity contribution >= 4 is 23.2 Å². The number of ether oxygens (including phenoxy) is 1.